The lowest BCUT2D eigenvalue weighted by Gasteiger charge is -2.26. The number of nitrogens with zero attached hydrogens (tertiary/aromatic N) is 1. The maximum absolute atomic E-state index is 11.8. The smallest absolute Gasteiger partial charge is 0.319 e. The topological polar surface area (TPSA) is 64.6 Å². The first-order valence-corrected chi connectivity index (χ1v) is 8.43. The summed E-state index contributed by atoms with van der Waals surface area (Å²) in [5.41, 5.74) is 1.56. The molecule has 116 valence electrons. The van der Waals surface area contributed by atoms with Crippen molar-refractivity contribution in [1.82, 2.24) is 10.2 Å². The Morgan fingerprint density at radius 1 is 1.33 bits per heavy atom. The minimum absolute atomic E-state index is 0.189. The maximum Gasteiger partial charge on any atom is 0.319 e. The van der Waals surface area contributed by atoms with Gasteiger partial charge in [-0.2, -0.15) is 11.8 Å². The second-order valence-corrected chi connectivity index (χ2v) is 6.36. The van der Waals surface area contributed by atoms with Crippen LogP contribution in [0, 0.1) is 0 Å². The molecule has 1 saturated heterocycles. The Morgan fingerprint density at radius 2 is 2.00 bits per heavy atom. The number of rotatable bonds is 5. The summed E-state index contributed by atoms with van der Waals surface area (Å²) in [5.74, 6) is 2.36. The van der Waals surface area contributed by atoms with Gasteiger partial charge in [-0.3, -0.25) is 4.90 Å². The predicted molar refractivity (Wildman–Crippen MR) is 87.9 cm³/mol. The van der Waals surface area contributed by atoms with Crippen LogP contribution in [0.4, 0.5) is 10.5 Å². The van der Waals surface area contributed by atoms with Gasteiger partial charge in [0.15, 0.2) is 0 Å². The zero-order chi connectivity index (χ0) is 15.1. The molecule has 2 amide bonds. The molecule has 6 heteroatoms. The van der Waals surface area contributed by atoms with Crippen LogP contribution in [-0.4, -0.2) is 53.7 Å². The molecule has 3 N–H and O–H groups in total. The zero-order valence-corrected chi connectivity index (χ0v) is 13.2. The SMILES string of the molecule is CC(O)c1ccc(NC(=O)NCCN2CCSCC2)cc1. The molecule has 2 rings (SSSR count). The van der Waals surface area contributed by atoms with Gasteiger partial charge >= 0.3 is 6.03 Å². The summed E-state index contributed by atoms with van der Waals surface area (Å²) in [5, 5.41) is 15.1. The number of amides is 2. The van der Waals surface area contributed by atoms with E-state index in [0.717, 1.165) is 30.9 Å². The van der Waals surface area contributed by atoms with Crippen molar-refractivity contribution in [3.63, 3.8) is 0 Å². The molecule has 1 aliphatic rings. The Bertz CT molecular complexity index is 445. The zero-order valence-electron chi connectivity index (χ0n) is 12.3. The number of hydrogen-bond donors (Lipinski definition) is 3. The second-order valence-electron chi connectivity index (χ2n) is 5.13. The summed E-state index contributed by atoms with van der Waals surface area (Å²) < 4.78 is 0. The Hall–Kier alpha value is -1.24. The van der Waals surface area contributed by atoms with E-state index < -0.39 is 6.10 Å². The van der Waals surface area contributed by atoms with Crippen molar-refractivity contribution in [2.24, 2.45) is 0 Å². The Kier molecular flexibility index (Phi) is 6.35. The number of hydrogen-bond acceptors (Lipinski definition) is 4. The normalized spacial score (nSPS) is 17.2. The Labute approximate surface area is 130 Å². The van der Waals surface area contributed by atoms with E-state index in [9.17, 15) is 9.90 Å². The average Bonchev–Trinajstić information content (AvgIpc) is 2.49. The number of anilines is 1. The van der Waals surface area contributed by atoms with Gasteiger partial charge in [-0.25, -0.2) is 4.79 Å². The lowest BCUT2D eigenvalue weighted by atomic mass is 10.1. The van der Waals surface area contributed by atoms with Crippen LogP contribution in [0.2, 0.25) is 0 Å². The van der Waals surface area contributed by atoms with Crippen LogP contribution < -0.4 is 10.6 Å². The molecule has 0 bridgehead atoms. The van der Waals surface area contributed by atoms with E-state index in [2.05, 4.69) is 15.5 Å². The molecule has 1 aromatic rings. The van der Waals surface area contributed by atoms with Crippen LogP contribution in [0.15, 0.2) is 24.3 Å². The monoisotopic (exact) mass is 309 g/mol. The van der Waals surface area contributed by atoms with Gasteiger partial charge in [-0.15, -0.1) is 0 Å². The highest BCUT2D eigenvalue weighted by molar-refractivity contribution is 7.99. The lowest BCUT2D eigenvalue weighted by Crippen LogP contribution is -2.40. The third-order valence-electron chi connectivity index (χ3n) is 3.47. The van der Waals surface area contributed by atoms with Gasteiger partial charge in [0.25, 0.3) is 0 Å². The van der Waals surface area contributed by atoms with Gasteiger partial charge in [0.05, 0.1) is 6.10 Å². The number of thioether (sulfide) groups is 1. The number of carbonyl (C=O) groups excluding carboxylic acids is 1. The number of aliphatic hydroxyl groups excluding tert-OH is 1. The highest BCUT2D eigenvalue weighted by Crippen LogP contribution is 2.15. The molecule has 1 aromatic carbocycles. The van der Waals surface area contributed by atoms with Crippen molar-refractivity contribution in [2.75, 3.05) is 43.0 Å². The molecule has 0 aliphatic carbocycles. The van der Waals surface area contributed by atoms with E-state index >= 15 is 0 Å². The van der Waals surface area contributed by atoms with Crippen LogP contribution in [0.3, 0.4) is 0 Å². The molecule has 5 nitrogen and oxygen atoms in total. The molecule has 1 fully saturated rings. The number of nitrogens with one attached hydrogen (secondary N) is 2. The van der Waals surface area contributed by atoms with Gasteiger partial charge < -0.3 is 15.7 Å². The van der Waals surface area contributed by atoms with Crippen molar-refractivity contribution in [3.05, 3.63) is 29.8 Å². The molecule has 0 saturated carbocycles. The molecule has 0 radical (unpaired) electrons. The van der Waals surface area contributed by atoms with Crippen molar-refractivity contribution in [2.45, 2.75) is 13.0 Å². The quantitative estimate of drug-likeness (QED) is 0.777. The van der Waals surface area contributed by atoms with Crippen LogP contribution in [0.5, 0.6) is 0 Å². The van der Waals surface area contributed by atoms with Crippen LogP contribution in [0.25, 0.3) is 0 Å². The third kappa shape index (κ3) is 5.57. The molecule has 0 aromatic heterocycles. The Balaban J connectivity index is 1.68. The van der Waals surface area contributed by atoms with E-state index in [1.807, 2.05) is 23.9 Å². The summed E-state index contributed by atoms with van der Waals surface area (Å²) in [6.45, 7) is 5.48. The van der Waals surface area contributed by atoms with E-state index in [1.165, 1.54) is 11.5 Å². The molecular weight excluding hydrogens is 286 g/mol. The number of carbonyl (C=O) groups is 1. The number of aliphatic hydroxyl groups is 1. The van der Waals surface area contributed by atoms with E-state index in [0.29, 0.717) is 6.54 Å². The lowest BCUT2D eigenvalue weighted by molar-refractivity contribution is 0.199. The number of urea groups is 1. The highest BCUT2D eigenvalue weighted by atomic mass is 32.2. The molecule has 21 heavy (non-hydrogen) atoms. The van der Waals surface area contributed by atoms with Crippen LogP contribution in [0.1, 0.15) is 18.6 Å². The largest absolute Gasteiger partial charge is 0.389 e. The average molecular weight is 309 g/mol. The molecule has 1 unspecified atom stereocenters. The van der Waals surface area contributed by atoms with Gasteiger partial charge in [-0.05, 0) is 24.6 Å². The van der Waals surface area contributed by atoms with Gasteiger partial charge in [0, 0.05) is 43.4 Å². The fourth-order valence-corrected chi connectivity index (χ4v) is 3.15. The van der Waals surface area contributed by atoms with Gasteiger partial charge in [0.2, 0.25) is 0 Å². The van der Waals surface area contributed by atoms with Gasteiger partial charge in [0.1, 0.15) is 0 Å². The molecule has 1 heterocycles. The predicted octanol–water partition coefficient (Wildman–Crippen LogP) is 1.91. The number of benzene rings is 1. The second kappa shape index (κ2) is 8.26. The van der Waals surface area contributed by atoms with Crippen molar-refractivity contribution < 1.29 is 9.90 Å². The minimum atomic E-state index is -0.490. The van der Waals surface area contributed by atoms with Crippen molar-refractivity contribution >= 4 is 23.5 Å². The molecule has 1 atom stereocenters. The molecule has 1 aliphatic heterocycles. The summed E-state index contributed by atoms with van der Waals surface area (Å²) in [7, 11) is 0. The van der Waals surface area contributed by atoms with Crippen LogP contribution in [-0.2, 0) is 0 Å². The summed E-state index contributed by atoms with van der Waals surface area (Å²) in [6.07, 6.45) is -0.490. The summed E-state index contributed by atoms with van der Waals surface area (Å²) in [4.78, 5) is 14.1. The maximum atomic E-state index is 11.8. The standard InChI is InChI=1S/C15H23N3O2S/c1-12(19)13-2-4-14(5-3-13)17-15(20)16-6-7-18-8-10-21-11-9-18/h2-5,12,19H,6-11H2,1H3,(H2,16,17,20). The van der Waals surface area contributed by atoms with E-state index in [4.69, 9.17) is 0 Å². The first-order chi connectivity index (χ1) is 10.1. The highest BCUT2D eigenvalue weighted by Gasteiger charge is 2.10. The molecular formula is C15H23N3O2S. The van der Waals surface area contributed by atoms with E-state index in [-0.39, 0.29) is 6.03 Å². The first kappa shape index (κ1) is 16.1. The van der Waals surface area contributed by atoms with Crippen LogP contribution >= 0.6 is 11.8 Å². The fourth-order valence-electron chi connectivity index (χ4n) is 2.17. The molecule has 0 spiro atoms. The Morgan fingerprint density at radius 3 is 2.62 bits per heavy atom. The van der Waals surface area contributed by atoms with Crippen molar-refractivity contribution in [1.29, 1.82) is 0 Å². The first-order valence-electron chi connectivity index (χ1n) is 7.28. The van der Waals surface area contributed by atoms with E-state index in [1.54, 1.807) is 19.1 Å². The fraction of sp³-hybridized carbons (Fsp3) is 0.533. The summed E-state index contributed by atoms with van der Waals surface area (Å²) in [6, 6.07) is 7.02. The summed E-state index contributed by atoms with van der Waals surface area (Å²) >= 11 is 1.98. The van der Waals surface area contributed by atoms with Gasteiger partial charge in [-0.1, -0.05) is 12.1 Å². The van der Waals surface area contributed by atoms with Crippen molar-refractivity contribution in [3.8, 4) is 0 Å². The minimum Gasteiger partial charge on any atom is -0.389 e. The third-order valence-corrected chi connectivity index (χ3v) is 4.41.